The summed E-state index contributed by atoms with van der Waals surface area (Å²) >= 11 is 3.35. The van der Waals surface area contributed by atoms with Crippen molar-refractivity contribution in [3.05, 3.63) is 69.8 Å². The molecule has 2 amide bonds. The van der Waals surface area contributed by atoms with Gasteiger partial charge in [0.2, 0.25) is 0 Å². The van der Waals surface area contributed by atoms with E-state index in [1.54, 1.807) is 42.4 Å². The zero-order valence-electron chi connectivity index (χ0n) is 15.7. The zero-order valence-corrected chi connectivity index (χ0v) is 17.2. The topological polar surface area (TPSA) is 58.6 Å². The fraction of sp³-hybridized carbons (Fsp3) is 0.238. The van der Waals surface area contributed by atoms with Gasteiger partial charge in [-0.25, -0.2) is 0 Å². The van der Waals surface area contributed by atoms with Crippen molar-refractivity contribution in [2.75, 3.05) is 20.2 Å². The number of carbonyl (C=O) groups excluding carboxylic acids is 2. The summed E-state index contributed by atoms with van der Waals surface area (Å²) in [5.74, 6) is 0.173. The van der Waals surface area contributed by atoms with Crippen LogP contribution in [0.15, 0.2) is 58.7 Å². The van der Waals surface area contributed by atoms with Crippen LogP contribution in [0.2, 0.25) is 0 Å². The molecule has 6 heteroatoms. The van der Waals surface area contributed by atoms with Crippen molar-refractivity contribution in [2.45, 2.75) is 13.8 Å². The number of carbonyl (C=O) groups is 2. The minimum atomic E-state index is -0.331. The van der Waals surface area contributed by atoms with E-state index in [-0.39, 0.29) is 17.5 Å². The van der Waals surface area contributed by atoms with Crippen molar-refractivity contribution >= 4 is 33.8 Å². The molecule has 1 N–H and O–H groups in total. The molecule has 0 saturated carbocycles. The molecule has 0 heterocycles. The minimum Gasteiger partial charge on any atom is -0.497 e. The second kappa shape index (κ2) is 9.92. The van der Waals surface area contributed by atoms with E-state index in [1.807, 2.05) is 38.1 Å². The van der Waals surface area contributed by atoms with E-state index in [0.29, 0.717) is 18.7 Å². The smallest absolute Gasteiger partial charge is 0.270 e. The molecule has 27 heavy (non-hydrogen) atoms. The van der Waals surface area contributed by atoms with Crippen molar-refractivity contribution in [3.8, 4) is 5.75 Å². The summed E-state index contributed by atoms with van der Waals surface area (Å²) < 4.78 is 6.04. The number of ether oxygens (including phenoxy) is 1. The first-order valence-corrected chi connectivity index (χ1v) is 9.49. The van der Waals surface area contributed by atoms with E-state index < -0.39 is 0 Å². The number of nitrogens with one attached hydrogen (secondary N) is 1. The van der Waals surface area contributed by atoms with Crippen molar-refractivity contribution in [1.82, 2.24) is 10.2 Å². The Hall–Kier alpha value is -2.60. The molecule has 0 aromatic heterocycles. The van der Waals surface area contributed by atoms with E-state index in [4.69, 9.17) is 4.74 Å². The second-order valence-corrected chi connectivity index (χ2v) is 6.69. The number of amides is 2. The Bertz CT molecular complexity index is 810. The summed E-state index contributed by atoms with van der Waals surface area (Å²) in [7, 11) is 1.60. The van der Waals surface area contributed by atoms with Crippen LogP contribution in [0.25, 0.3) is 6.08 Å². The number of hydrogen-bond acceptors (Lipinski definition) is 3. The molecule has 2 rings (SSSR count). The third kappa shape index (κ3) is 5.69. The third-order valence-electron chi connectivity index (χ3n) is 4.06. The molecule has 0 unspecified atom stereocenters. The van der Waals surface area contributed by atoms with E-state index >= 15 is 0 Å². The van der Waals surface area contributed by atoms with Crippen molar-refractivity contribution in [2.24, 2.45) is 0 Å². The van der Waals surface area contributed by atoms with Gasteiger partial charge in [0.25, 0.3) is 11.8 Å². The molecule has 0 aliphatic heterocycles. The minimum absolute atomic E-state index is 0.221. The number of benzene rings is 2. The SMILES string of the molecule is CCN(CC)C(=O)/C(=C/c1ccc(OC)cc1)NC(=O)c1ccc(Br)cc1. The van der Waals surface area contributed by atoms with Gasteiger partial charge in [-0.3, -0.25) is 9.59 Å². The molecule has 142 valence electrons. The van der Waals surface area contributed by atoms with Crippen LogP contribution >= 0.6 is 15.9 Å². The molecule has 0 aliphatic rings. The Kier molecular flexibility index (Phi) is 7.61. The van der Waals surface area contributed by atoms with Gasteiger partial charge in [0.1, 0.15) is 11.4 Å². The molecule has 0 saturated heterocycles. The molecular weight excluding hydrogens is 408 g/mol. The van der Waals surface area contributed by atoms with Gasteiger partial charge >= 0.3 is 0 Å². The van der Waals surface area contributed by atoms with Crippen LogP contribution in [0, 0.1) is 0 Å². The molecular formula is C21H23BrN2O3. The molecule has 0 spiro atoms. The Morgan fingerprint density at radius 2 is 1.63 bits per heavy atom. The number of halogens is 1. The zero-order chi connectivity index (χ0) is 19.8. The first-order valence-electron chi connectivity index (χ1n) is 8.70. The van der Waals surface area contributed by atoms with E-state index in [0.717, 1.165) is 15.8 Å². The number of rotatable bonds is 7. The van der Waals surface area contributed by atoms with Crippen LogP contribution in [0.4, 0.5) is 0 Å². The van der Waals surface area contributed by atoms with Crippen LogP contribution in [0.1, 0.15) is 29.8 Å². The van der Waals surface area contributed by atoms with Crippen LogP contribution in [0.3, 0.4) is 0 Å². The van der Waals surface area contributed by atoms with E-state index in [1.165, 1.54) is 0 Å². The molecule has 2 aromatic carbocycles. The first-order chi connectivity index (χ1) is 13.0. The van der Waals surface area contributed by atoms with E-state index in [9.17, 15) is 9.59 Å². The third-order valence-corrected chi connectivity index (χ3v) is 4.59. The molecule has 0 bridgehead atoms. The predicted molar refractivity (Wildman–Crippen MR) is 111 cm³/mol. The first kappa shape index (κ1) is 20.7. The number of hydrogen-bond donors (Lipinski definition) is 1. The van der Waals surface area contributed by atoms with Gasteiger partial charge in [-0.2, -0.15) is 0 Å². The molecule has 0 atom stereocenters. The number of nitrogens with zero attached hydrogens (tertiary/aromatic N) is 1. The maximum absolute atomic E-state index is 12.9. The fourth-order valence-electron chi connectivity index (χ4n) is 2.49. The number of likely N-dealkylation sites (N-methyl/N-ethyl adjacent to an activating group) is 1. The summed E-state index contributed by atoms with van der Waals surface area (Å²) in [5, 5.41) is 2.76. The maximum atomic E-state index is 12.9. The van der Waals surface area contributed by atoms with Crippen LogP contribution < -0.4 is 10.1 Å². The van der Waals surface area contributed by atoms with Crippen LogP contribution in [0.5, 0.6) is 5.75 Å². The predicted octanol–water partition coefficient (Wildman–Crippen LogP) is 4.10. The highest BCUT2D eigenvalue weighted by Gasteiger charge is 2.19. The summed E-state index contributed by atoms with van der Waals surface area (Å²) in [4.78, 5) is 27.1. The van der Waals surface area contributed by atoms with Gasteiger partial charge in [0, 0.05) is 23.1 Å². The lowest BCUT2D eigenvalue weighted by atomic mass is 10.1. The second-order valence-electron chi connectivity index (χ2n) is 5.77. The number of methoxy groups -OCH3 is 1. The highest BCUT2D eigenvalue weighted by Crippen LogP contribution is 2.15. The lowest BCUT2D eigenvalue weighted by molar-refractivity contribution is -0.127. The van der Waals surface area contributed by atoms with Crippen molar-refractivity contribution in [1.29, 1.82) is 0 Å². The molecule has 0 aliphatic carbocycles. The highest BCUT2D eigenvalue weighted by atomic mass is 79.9. The Balaban J connectivity index is 2.33. The van der Waals surface area contributed by atoms with Gasteiger partial charge in [-0.1, -0.05) is 28.1 Å². The van der Waals surface area contributed by atoms with Crippen LogP contribution in [-0.4, -0.2) is 36.9 Å². The average Bonchev–Trinajstić information content (AvgIpc) is 2.69. The molecule has 0 fully saturated rings. The van der Waals surface area contributed by atoms with Crippen molar-refractivity contribution < 1.29 is 14.3 Å². The molecule has 5 nitrogen and oxygen atoms in total. The maximum Gasteiger partial charge on any atom is 0.270 e. The largest absolute Gasteiger partial charge is 0.497 e. The lowest BCUT2D eigenvalue weighted by Crippen LogP contribution is -2.38. The van der Waals surface area contributed by atoms with Gasteiger partial charge in [-0.05, 0) is 61.9 Å². The lowest BCUT2D eigenvalue weighted by Gasteiger charge is -2.21. The van der Waals surface area contributed by atoms with Gasteiger partial charge in [0.05, 0.1) is 7.11 Å². The molecule has 2 aromatic rings. The Morgan fingerprint density at radius 3 is 2.15 bits per heavy atom. The quantitative estimate of drug-likeness (QED) is 0.672. The Labute approximate surface area is 168 Å². The average molecular weight is 431 g/mol. The molecule has 0 radical (unpaired) electrons. The van der Waals surface area contributed by atoms with Crippen molar-refractivity contribution in [3.63, 3.8) is 0 Å². The van der Waals surface area contributed by atoms with Gasteiger partial charge < -0.3 is 15.0 Å². The summed E-state index contributed by atoms with van der Waals surface area (Å²) in [6.07, 6.45) is 1.68. The monoisotopic (exact) mass is 430 g/mol. The highest BCUT2D eigenvalue weighted by molar-refractivity contribution is 9.10. The fourth-order valence-corrected chi connectivity index (χ4v) is 2.76. The standard InChI is InChI=1S/C21H23BrN2O3/c1-4-24(5-2)21(26)19(14-15-6-12-18(27-3)13-7-15)23-20(25)16-8-10-17(22)11-9-16/h6-14H,4-5H2,1-3H3,(H,23,25)/b19-14-. The van der Waals surface area contributed by atoms with E-state index in [2.05, 4.69) is 21.2 Å². The summed E-state index contributed by atoms with van der Waals surface area (Å²) in [5.41, 5.74) is 1.50. The van der Waals surface area contributed by atoms with Crippen LogP contribution in [-0.2, 0) is 4.79 Å². The van der Waals surface area contributed by atoms with Gasteiger partial charge in [-0.15, -0.1) is 0 Å². The summed E-state index contributed by atoms with van der Waals surface area (Å²) in [6, 6.07) is 14.3. The Morgan fingerprint density at radius 1 is 1.04 bits per heavy atom. The summed E-state index contributed by atoms with van der Waals surface area (Å²) in [6.45, 7) is 4.93. The normalized spacial score (nSPS) is 11.0. The van der Waals surface area contributed by atoms with Gasteiger partial charge in [0.15, 0.2) is 0 Å².